The zero-order chi connectivity index (χ0) is 16.2. The maximum atomic E-state index is 6.03. The van der Waals surface area contributed by atoms with Gasteiger partial charge < -0.3 is 26.0 Å². The van der Waals surface area contributed by atoms with Crippen molar-refractivity contribution in [2.24, 2.45) is 0 Å². The summed E-state index contributed by atoms with van der Waals surface area (Å²) in [5, 5.41) is 6.71. The summed E-state index contributed by atoms with van der Waals surface area (Å²) in [6.07, 6.45) is 2.55. The van der Waals surface area contributed by atoms with E-state index in [4.69, 9.17) is 10.5 Å². The van der Waals surface area contributed by atoms with Crippen molar-refractivity contribution in [1.82, 2.24) is 10.2 Å². The zero-order valence-electron chi connectivity index (χ0n) is 14.3. The lowest BCUT2D eigenvalue weighted by Crippen LogP contribution is -2.52. The molecule has 2 fully saturated rings. The quantitative estimate of drug-likeness (QED) is 0.725. The van der Waals surface area contributed by atoms with Crippen molar-refractivity contribution in [2.45, 2.75) is 18.9 Å². The predicted octanol–water partition coefficient (Wildman–Crippen LogP) is 1.19. The number of nitrogens with one attached hydrogen (secondary N) is 2. The van der Waals surface area contributed by atoms with Crippen LogP contribution in [0.2, 0.25) is 0 Å². The van der Waals surface area contributed by atoms with E-state index >= 15 is 0 Å². The molecule has 2 aliphatic heterocycles. The molecule has 0 amide bonds. The number of benzene rings is 1. The van der Waals surface area contributed by atoms with Crippen molar-refractivity contribution in [3.8, 4) is 5.75 Å². The van der Waals surface area contributed by atoms with Crippen LogP contribution in [0.4, 0.5) is 17.1 Å². The Morgan fingerprint density at radius 1 is 1.17 bits per heavy atom. The van der Waals surface area contributed by atoms with Crippen molar-refractivity contribution < 1.29 is 4.74 Å². The molecule has 0 saturated carbocycles. The summed E-state index contributed by atoms with van der Waals surface area (Å²) in [5.41, 5.74) is 8.95. The first-order valence-corrected chi connectivity index (χ1v) is 8.58. The van der Waals surface area contributed by atoms with Gasteiger partial charge in [-0.2, -0.15) is 0 Å². The van der Waals surface area contributed by atoms with Gasteiger partial charge in [0.1, 0.15) is 5.75 Å². The van der Waals surface area contributed by atoms with Crippen LogP contribution in [-0.4, -0.2) is 64.4 Å². The van der Waals surface area contributed by atoms with Crippen molar-refractivity contribution in [3.63, 3.8) is 0 Å². The number of hydrogen-bond donors (Lipinski definition) is 3. The van der Waals surface area contributed by atoms with Crippen LogP contribution in [0.5, 0.6) is 5.75 Å². The van der Waals surface area contributed by atoms with E-state index in [1.165, 1.54) is 18.5 Å². The average molecular weight is 319 g/mol. The van der Waals surface area contributed by atoms with Crippen LogP contribution in [-0.2, 0) is 0 Å². The van der Waals surface area contributed by atoms with Gasteiger partial charge in [0, 0.05) is 45.3 Å². The van der Waals surface area contributed by atoms with Crippen LogP contribution in [0.15, 0.2) is 12.1 Å². The molecule has 23 heavy (non-hydrogen) atoms. The maximum absolute atomic E-state index is 6.03. The second-order valence-corrected chi connectivity index (χ2v) is 6.37. The fourth-order valence-electron chi connectivity index (χ4n) is 3.72. The van der Waals surface area contributed by atoms with Crippen molar-refractivity contribution in [2.75, 3.05) is 69.4 Å². The van der Waals surface area contributed by atoms with Crippen LogP contribution in [0.3, 0.4) is 0 Å². The molecule has 3 rings (SSSR count). The molecule has 0 radical (unpaired) electrons. The summed E-state index contributed by atoms with van der Waals surface area (Å²) < 4.78 is 5.40. The first kappa shape index (κ1) is 16.2. The number of rotatable bonds is 4. The summed E-state index contributed by atoms with van der Waals surface area (Å²) in [4.78, 5) is 5.09. The molecule has 2 heterocycles. The van der Waals surface area contributed by atoms with E-state index in [0.29, 0.717) is 5.69 Å². The first-order valence-electron chi connectivity index (χ1n) is 8.58. The van der Waals surface area contributed by atoms with Crippen LogP contribution in [0, 0.1) is 0 Å². The molecule has 2 aliphatic rings. The second-order valence-electron chi connectivity index (χ2n) is 6.37. The molecule has 128 valence electrons. The van der Waals surface area contributed by atoms with Gasteiger partial charge >= 0.3 is 0 Å². The van der Waals surface area contributed by atoms with Crippen LogP contribution in [0.1, 0.15) is 12.8 Å². The number of methoxy groups -OCH3 is 1. The Morgan fingerprint density at radius 2 is 1.87 bits per heavy atom. The molecule has 6 nitrogen and oxygen atoms in total. The Hall–Kier alpha value is -1.66. The standard InChI is InChI=1S/C17H29N5O/c1-19-15-11-14(18)17(23-2)12-16(15)22-9-7-21(8-10-22)13-3-5-20-6-4-13/h11-13,19-20H,3-10,18H2,1-2H3. The number of nitrogens with two attached hydrogens (primary N) is 1. The topological polar surface area (TPSA) is 65.8 Å². The van der Waals surface area contributed by atoms with Gasteiger partial charge in [-0.1, -0.05) is 0 Å². The van der Waals surface area contributed by atoms with Gasteiger partial charge in [0.15, 0.2) is 0 Å². The molecule has 0 unspecified atom stereocenters. The summed E-state index contributed by atoms with van der Waals surface area (Å²) in [6, 6.07) is 4.78. The highest BCUT2D eigenvalue weighted by Gasteiger charge is 2.26. The summed E-state index contributed by atoms with van der Waals surface area (Å²) in [6.45, 7) is 6.66. The Labute approximate surface area is 139 Å². The highest BCUT2D eigenvalue weighted by Crippen LogP contribution is 2.35. The minimum atomic E-state index is 0.675. The molecule has 1 aromatic carbocycles. The van der Waals surface area contributed by atoms with Gasteiger partial charge in [0.25, 0.3) is 0 Å². The van der Waals surface area contributed by atoms with E-state index in [1.807, 2.05) is 13.1 Å². The molecule has 1 aromatic rings. The third kappa shape index (κ3) is 3.48. The van der Waals surface area contributed by atoms with Crippen LogP contribution < -0.4 is 26.0 Å². The Kier molecular flexibility index (Phi) is 5.13. The lowest BCUT2D eigenvalue weighted by atomic mass is 10.0. The maximum Gasteiger partial charge on any atom is 0.143 e. The number of hydrogen-bond acceptors (Lipinski definition) is 6. The van der Waals surface area contributed by atoms with Gasteiger partial charge in [-0.15, -0.1) is 0 Å². The van der Waals surface area contributed by atoms with Crippen LogP contribution >= 0.6 is 0 Å². The van der Waals surface area contributed by atoms with Crippen molar-refractivity contribution in [1.29, 1.82) is 0 Å². The van der Waals surface area contributed by atoms with Gasteiger partial charge in [-0.25, -0.2) is 0 Å². The Balaban J connectivity index is 1.69. The SMILES string of the molecule is CNc1cc(N)c(OC)cc1N1CCN(C2CCNCC2)CC1. The van der Waals surface area contributed by atoms with Crippen LogP contribution in [0.25, 0.3) is 0 Å². The highest BCUT2D eigenvalue weighted by molar-refractivity contribution is 5.78. The normalized spacial score (nSPS) is 20.5. The summed E-state index contributed by atoms with van der Waals surface area (Å²) >= 11 is 0. The van der Waals surface area contributed by atoms with E-state index in [0.717, 1.165) is 56.7 Å². The lowest BCUT2D eigenvalue weighted by molar-refractivity contribution is 0.153. The molecule has 0 bridgehead atoms. The molecule has 0 spiro atoms. The smallest absolute Gasteiger partial charge is 0.143 e. The molecular weight excluding hydrogens is 290 g/mol. The minimum Gasteiger partial charge on any atom is -0.495 e. The highest BCUT2D eigenvalue weighted by atomic mass is 16.5. The third-order valence-electron chi connectivity index (χ3n) is 5.10. The molecule has 2 saturated heterocycles. The minimum absolute atomic E-state index is 0.675. The largest absolute Gasteiger partial charge is 0.495 e. The van der Waals surface area contributed by atoms with Gasteiger partial charge in [-0.05, 0) is 32.0 Å². The van der Waals surface area contributed by atoms with E-state index < -0.39 is 0 Å². The second kappa shape index (κ2) is 7.27. The molecule has 6 heteroatoms. The predicted molar refractivity (Wildman–Crippen MR) is 96.6 cm³/mol. The van der Waals surface area contributed by atoms with E-state index in [2.05, 4.69) is 26.5 Å². The van der Waals surface area contributed by atoms with Crippen molar-refractivity contribution >= 4 is 17.1 Å². The first-order chi connectivity index (χ1) is 11.2. The number of ether oxygens (including phenoxy) is 1. The average Bonchev–Trinajstić information content (AvgIpc) is 2.62. The van der Waals surface area contributed by atoms with E-state index in [-0.39, 0.29) is 0 Å². The van der Waals surface area contributed by atoms with Gasteiger partial charge in [0.05, 0.1) is 24.2 Å². The van der Waals surface area contributed by atoms with E-state index in [1.54, 1.807) is 7.11 Å². The number of anilines is 3. The fourth-order valence-corrected chi connectivity index (χ4v) is 3.72. The summed E-state index contributed by atoms with van der Waals surface area (Å²) in [5.74, 6) is 0.750. The zero-order valence-corrected chi connectivity index (χ0v) is 14.3. The van der Waals surface area contributed by atoms with E-state index in [9.17, 15) is 0 Å². The molecular formula is C17H29N5O. The summed E-state index contributed by atoms with van der Waals surface area (Å²) in [7, 11) is 3.61. The third-order valence-corrected chi connectivity index (χ3v) is 5.10. The molecule has 0 aromatic heterocycles. The molecule has 4 N–H and O–H groups in total. The number of nitrogen functional groups attached to an aromatic ring is 1. The Bertz CT molecular complexity index is 522. The van der Waals surface area contributed by atoms with Gasteiger partial charge in [0.2, 0.25) is 0 Å². The van der Waals surface area contributed by atoms with Crippen molar-refractivity contribution in [3.05, 3.63) is 12.1 Å². The number of nitrogens with zero attached hydrogens (tertiary/aromatic N) is 2. The molecule has 0 aliphatic carbocycles. The number of piperazine rings is 1. The monoisotopic (exact) mass is 319 g/mol. The Morgan fingerprint density at radius 3 is 2.48 bits per heavy atom. The fraction of sp³-hybridized carbons (Fsp3) is 0.647. The number of piperidine rings is 1. The van der Waals surface area contributed by atoms with Gasteiger partial charge in [-0.3, -0.25) is 4.90 Å². The molecule has 0 atom stereocenters. The lowest BCUT2D eigenvalue weighted by Gasteiger charge is -2.42.